The number of nitrogens with zero attached hydrogens (tertiary/aromatic N) is 1. The van der Waals surface area contributed by atoms with E-state index in [4.69, 9.17) is 5.11 Å². The fourth-order valence-corrected chi connectivity index (χ4v) is 3.50. The molecule has 9 heteroatoms. The summed E-state index contributed by atoms with van der Waals surface area (Å²) in [4.78, 5) is 10.1. The van der Waals surface area contributed by atoms with E-state index in [0.717, 1.165) is 13.2 Å². The molecule has 2 rings (SSSR count). The molecule has 1 atom stereocenters. The highest BCUT2D eigenvalue weighted by Crippen LogP contribution is 2.29. The predicted octanol–water partition coefficient (Wildman–Crippen LogP) is 0.987. The van der Waals surface area contributed by atoms with Crippen molar-refractivity contribution in [2.45, 2.75) is 10.9 Å². The lowest BCUT2D eigenvalue weighted by atomic mass is 10.3. The first-order valence-electron chi connectivity index (χ1n) is 5.73. The van der Waals surface area contributed by atoms with Crippen molar-refractivity contribution >= 4 is 16.0 Å². The number of hydrogen-bond donors (Lipinski definition) is 1. The van der Waals surface area contributed by atoms with Crippen molar-refractivity contribution in [1.82, 2.24) is 4.31 Å². The summed E-state index contributed by atoms with van der Waals surface area (Å²) in [5.74, 6) is -4.12. The van der Waals surface area contributed by atoms with E-state index in [0.29, 0.717) is 16.4 Å². The van der Waals surface area contributed by atoms with Crippen LogP contribution in [0.3, 0.4) is 0 Å². The second kappa shape index (κ2) is 5.41. The van der Waals surface area contributed by atoms with Crippen molar-refractivity contribution in [3.63, 3.8) is 0 Å². The molecule has 1 N–H and O–H groups in total. The number of rotatable bonds is 4. The molecule has 1 aromatic rings. The highest BCUT2D eigenvalue weighted by Gasteiger charge is 2.38. The summed E-state index contributed by atoms with van der Waals surface area (Å²) in [5.41, 5.74) is 0. The van der Waals surface area contributed by atoms with Crippen LogP contribution in [0.4, 0.5) is 8.78 Å². The van der Waals surface area contributed by atoms with E-state index in [2.05, 4.69) is 4.74 Å². The largest absolute Gasteiger partial charge is 0.494 e. The quantitative estimate of drug-likeness (QED) is 0.837. The third kappa shape index (κ3) is 2.61. The Balaban J connectivity index is 2.50. The normalized spacial score (nSPS) is 18.9. The van der Waals surface area contributed by atoms with Crippen molar-refractivity contribution in [2.75, 3.05) is 13.7 Å². The molecule has 0 radical (unpaired) electrons. The van der Waals surface area contributed by atoms with Crippen molar-refractivity contribution in [3.8, 4) is 5.75 Å². The summed E-state index contributed by atoms with van der Waals surface area (Å²) >= 11 is 0. The summed E-state index contributed by atoms with van der Waals surface area (Å²) in [6.45, 7) is -0.230. The lowest BCUT2D eigenvalue weighted by Crippen LogP contribution is -2.41. The lowest BCUT2D eigenvalue weighted by Gasteiger charge is -2.21. The van der Waals surface area contributed by atoms with Crippen LogP contribution in [-0.2, 0) is 14.8 Å². The van der Waals surface area contributed by atoms with Gasteiger partial charge in [-0.05, 0) is 0 Å². The van der Waals surface area contributed by atoms with Gasteiger partial charge in [-0.2, -0.15) is 4.31 Å². The van der Waals surface area contributed by atoms with Gasteiger partial charge < -0.3 is 9.84 Å². The number of hydrogen-bond acceptors (Lipinski definition) is 4. The van der Waals surface area contributed by atoms with Crippen molar-refractivity contribution in [3.05, 3.63) is 35.9 Å². The van der Waals surface area contributed by atoms with E-state index in [1.165, 1.54) is 6.08 Å². The van der Waals surface area contributed by atoms with E-state index in [1.807, 2.05) is 0 Å². The number of aliphatic carboxylic acids is 1. The van der Waals surface area contributed by atoms with Gasteiger partial charge in [0.15, 0.2) is 11.6 Å². The third-order valence-corrected chi connectivity index (χ3v) is 4.82. The summed E-state index contributed by atoms with van der Waals surface area (Å²) in [7, 11) is -3.38. The number of ether oxygens (including phenoxy) is 1. The van der Waals surface area contributed by atoms with E-state index < -0.39 is 44.3 Å². The average molecular weight is 319 g/mol. The van der Waals surface area contributed by atoms with Gasteiger partial charge in [0, 0.05) is 18.7 Å². The first kappa shape index (κ1) is 15.4. The predicted molar refractivity (Wildman–Crippen MR) is 67.4 cm³/mol. The first-order chi connectivity index (χ1) is 9.78. The van der Waals surface area contributed by atoms with Gasteiger partial charge in [0.1, 0.15) is 16.8 Å². The average Bonchev–Trinajstić information content (AvgIpc) is 2.91. The van der Waals surface area contributed by atoms with Crippen molar-refractivity contribution < 1.29 is 31.8 Å². The van der Waals surface area contributed by atoms with Gasteiger partial charge in [-0.1, -0.05) is 12.2 Å². The molecular weight excluding hydrogens is 308 g/mol. The van der Waals surface area contributed by atoms with Crippen LogP contribution in [0, 0.1) is 11.6 Å². The minimum Gasteiger partial charge on any atom is -0.494 e. The first-order valence-corrected chi connectivity index (χ1v) is 7.17. The monoisotopic (exact) mass is 319 g/mol. The van der Waals surface area contributed by atoms with Crippen LogP contribution in [0.1, 0.15) is 0 Å². The zero-order valence-corrected chi connectivity index (χ0v) is 11.6. The number of carboxylic acid groups (broad SMARTS) is 1. The SMILES string of the molecule is COc1cc(F)c(S(=O)(=O)N2CC=CC2C(=O)O)cc1F. The van der Waals surface area contributed by atoms with Gasteiger partial charge in [-0.15, -0.1) is 0 Å². The van der Waals surface area contributed by atoms with E-state index in [1.54, 1.807) is 0 Å². The Morgan fingerprint density at radius 2 is 2.05 bits per heavy atom. The molecule has 6 nitrogen and oxygen atoms in total. The molecule has 1 aliphatic rings. The maximum Gasteiger partial charge on any atom is 0.326 e. The molecule has 0 bridgehead atoms. The van der Waals surface area contributed by atoms with E-state index in [-0.39, 0.29) is 6.54 Å². The molecule has 1 unspecified atom stereocenters. The Bertz CT molecular complexity index is 717. The molecule has 0 aliphatic carbocycles. The van der Waals surface area contributed by atoms with Crippen LogP contribution < -0.4 is 4.74 Å². The maximum atomic E-state index is 13.9. The molecule has 0 saturated carbocycles. The Morgan fingerprint density at radius 1 is 1.38 bits per heavy atom. The van der Waals surface area contributed by atoms with Crippen LogP contribution in [0.15, 0.2) is 29.2 Å². The van der Waals surface area contributed by atoms with Gasteiger partial charge >= 0.3 is 5.97 Å². The Hall–Kier alpha value is -2.00. The summed E-state index contributed by atoms with van der Waals surface area (Å²) in [5, 5.41) is 8.95. The smallest absolute Gasteiger partial charge is 0.326 e. The number of benzene rings is 1. The molecule has 1 aliphatic heterocycles. The highest BCUT2D eigenvalue weighted by molar-refractivity contribution is 7.89. The molecule has 0 spiro atoms. The van der Waals surface area contributed by atoms with Crippen LogP contribution in [-0.4, -0.2) is 43.5 Å². The highest BCUT2D eigenvalue weighted by atomic mass is 32.2. The summed E-state index contributed by atoms with van der Waals surface area (Å²) < 4.78 is 57.2. The second-order valence-corrected chi connectivity index (χ2v) is 6.06. The summed E-state index contributed by atoms with van der Waals surface area (Å²) in [6.07, 6.45) is 2.49. The third-order valence-electron chi connectivity index (χ3n) is 2.96. The number of methoxy groups -OCH3 is 1. The van der Waals surface area contributed by atoms with E-state index in [9.17, 15) is 22.0 Å². The minimum absolute atomic E-state index is 0.230. The number of sulfonamides is 1. The van der Waals surface area contributed by atoms with Crippen LogP contribution >= 0.6 is 0 Å². The molecule has 0 fully saturated rings. The Labute approximate surface area is 119 Å². The molecule has 0 aromatic heterocycles. The standard InChI is InChI=1S/C12H11F2NO5S/c1-20-10-5-8(14)11(6-7(10)13)21(18,19)15-4-2-3-9(15)12(16)17/h2-3,5-6,9H,4H2,1H3,(H,16,17). The second-order valence-electron chi connectivity index (χ2n) is 4.20. The molecule has 114 valence electrons. The van der Waals surface area contributed by atoms with Gasteiger partial charge in [0.2, 0.25) is 10.0 Å². The molecule has 1 aromatic carbocycles. The van der Waals surface area contributed by atoms with Crippen LogP contribution in [0.2, 0.25) is 0 Å². The number of halogens is 2. The van der Waals surface area contributed by atoms with E-state index >= 15 is 0 Å². The van der Waals surface area contributed by atoms with Gasteiger partial charge in [0.25, 0.3) is 0 Å². The van der Waals surface area contributed by atoms with Gasteiger partial charge in [-0.25, -0.2) is 17.2 Å². The maximum absolute atomic E-state index is 13.9. The molecule has 0 saturated heterocycles. The number of carbonyl (C=O) groups is 1. The molecular formula is C12H11F2NO5S. The van der Waals surface area contributed by atoms with Gasteiger partial charge in [-0.3, -0.25) is 4.79 Å². The Morgan fingerprint density at radius 3 is 2.62 bits per heavy atom. The van der Waals surface area contributed by atoms with Crippen LogP contribution in [0.5, 0.6) is 5.75 Å². The zero-order chi connectivity index (χ0) is 15.8. The number of carboxylic acids is 1. The van der Waals surface area contributed by atoms with Crippen molar-refractivity contribution in [1.29, 1.82) is 0 Å². The molecule has 21 heavy (non-hydrogen) atoms. The fraction of sp³-hybridized carbons (Fsp3) is 0.250. The zero-order valence-electron chi connectivity index (χ0n) is 10.8. The Kier molecular flexibility index (Phi) is 3.97. The topological polar surface area (TPSA) is 83.9 Å². The molecule has 0 amide bonds. The van der Waals surface area contributed by atoms with Crippen molar-refractivity contribution in [2.24, 2.45) is 0 Å². The fourth-order valence-electron chi connectivity index (χ4n) is 1.95. The molecule has 1 heterocycles. The van der Waals surface area contributed by atoms with Crippen LogP contribution in [0.25, 0.3) is 0 Å². The minimum atomic E-state index is -4.49. The summed E-state index contributed by atoms with van der Waals surface area (Å²) in [6, 6.07) is -0.373. The van der Waals surface area contributed by atoms with Gasteiger partial charge in [0.05, 0.1) is 7.11 Å². The lowest BCUT2D eigenvalue weighted by molar-refractivity contribution is -0.139.